The summed E-state index contributed by atoms with van der Waals surface area (Å²) in [4.78, 5) is 29.5. The van der Waals surface area contributed by atoms with Gasteiger partial charge in [-0.05, 0) is 66.8 Å². The van der Waals surface area contributed by atoms with E-state index in [1.807, 2.05) is 0 Å². The maximum atomic E-state index is 14.1. The highest BCUT2D eigenvalue weighted by molar-refractivity contribution is 7.94. The monoisotopic (exact) mass is 764 g/mol. The van der Waals surface area contributed by atoms with E-state index in [9.17, 15) is 45.8 Å². The average molecular weight is 765 g/mol. The lowest BCUT2D eigenvalue weighted by atomic mass is 10.0. The van der Waals surface area contributed by atoms with Crippen molar-refractivity contribution >= 4 is 44.4 Å². The lowest BCUT2D eigenvalue weighted by Gasteiger charge is -2.22. The van der Waals surface area contributed by atoms with Crippen molar-refractivity contribution in [2.75, 3.05) is 11.8 Å². The standard InChI is InChI=1S/C33H29ClF4N6O7S/c1-51-21-4-2-17(3-5-21)15-33(8-9-33)52(49,50)42-30-28-22(34)6-7-24(29(28)43(41-30)16-25(37)38)44-27(46)14-26(45)40-31(44)23(39-32(47)48)12-18-10-19(35)13-20(36)11-18/h2-7,10-11,13-14,23,25,39,45H,8-9,12,15-16H2,1H3,(H,41,42)(H,47,48). The predicted molar refractivity (Wildman–Crippen MR) is 181 cm³/mol. The molecule has 0 bridgehead atoms. The number of hydrogen-bond acceptors (Lipinski definition) is 8. The van der Waals surface area contributed by atoms with Gasteiger partial charge in [0.25, 0.3) is 12.0 Å². The SMILES string of the molecule is COc1ccc(CC2(S(=O)(=O)Nc3nn(CC(F)F)c4c(-n5c(C(Cc6cc(F)cc(F)c6)NC(=O)O)nc(O)cc5=O)ccc(Cl)c34)CC2)cc1. The number of rotatable bonds is 13. The molecule has 1 atom stereocenters. The van der Waals surface area contributed by atoms with E-state index in [-0.39, 0.29) is 46.4 Å². The Hall–Kier alpha value is -5.36. The molecule has 6 rings (SSSR count). The third-order valence-corrected chi connectivity index (χ3v) is 11.0. The van der Waals surface area contributed by atoms with E-state index in [2.05, 4.69) is 20.1 Å². The maximum Gasteiger partial charge on any atom is 0.405 e. The van der Waals surface area contributed by atoms with Crippen LogP contribution in [0, 0.1) is 11.6 Å². The van der Waals surface area contributed by atoms with Crippen LogP contribution < -0.4 is 20.3 Å². The van der Waals surface area contributed by atoms with Gasteiger partial charge in [0.1, 0.15) is 29.8 Å². The van der Waals surface area contributed by atoms with Crippen molar-refractivity contribution in [3.8, 4) is 17.3 Å². The number of benzene rings is 3. The molecule has 1 aliphatic carbocycles. The van der Waals surface area contributed by atoms with E-state index in [1.54, 1.807) is 24.3 Å². The number of carbonyl (C=O) groups is 1. The van der Waals surface area contributed by atoms with Gasteiger partial charge < -0.3 is 20.3 Å². The van der Waals surface area contributed by atoms with Gasteiger partial charge in [-0.25, -0.2) is 30.8 Å². The van der Waals surface area contributed by atoms with Crippen molar-refractivity contribution < 1.29 is 45.7 Å². The van der Waals surface area contributed by atoms with Gasteiger partial charge in [0.15, 0.2) is 5.82 Å². The molecular formula is C33H29ClF4N6O7S. The number of aromatic hydroxyl groups is 1. The quantitative estimate of drug-likeness (QED) is 0.112. The fraction of sp³-hybridized carbons (Fsp3) is 0.273. The predicted octanol–water partition coefficient (Wildman–Crippen LogP) is 5.56. The molecule has 4 N–H and O–H groups in total. The number of anilines is 1. The summed E-state index contributed by atoms with van der Waals surface area (Å²) in [6, 6.07) is 10.8. The second-order valence-corrected chi connectivity index (χ2v) is 14.6. The van der Waals surface area contributed by atoms with Crippen LogP contribution in [-0.4, -0.2) is 62.3 Å². The molecule has 5 aromatic rings. The summed E-state index contributed by atoms with van der Waals surface area (Å²) >= 11 is 6.57. The Morgan fingerprint density at radius 2 is 1.73 bits per heavy atom. The largest absolute Gasteiger partial charge is 0.497 e. The van der Waals surface area contributed by atoms with E-state index < -0.39 is 81.0 Å². The van der Waals surface area contributed by atoms with Crippen LogP contribution in [0.5, 0.6) is 11.6 Å². The Balaban J connectivity index is 1.50. The molecule has 13 nitrogen and oxygen atoms in total. The van der Waals surface area contributed by atoms with Crippen LogP contribution in [-0.2, 0) is 29.4 Å². The number of carboxylic acid groups (broad SMARTS) is 1. The third-order valence-electron chi connectivity index (χ3n) is 8.57. The summed E-state index contributed by atoms with van der Waals surface area (Å²) in [5.41, 5.74) is -0.921. The molecule has 19 heteroatoms. The van der Waals surface area contributed by atoms with Crippen LogP contribution >= 0.6 is 11.6 Å². The first-order chi connectivity index (χ1) is 24.6. The fourth-order valence-corrected chi connectivity index (χ4v) is 7.94. The number of ether oxygens (including phenoxy) is 1. The number of hydrogen-bond donors (Lipinski definition) is 4. The van der Waals surface area contributed by atoms with Crippen molar-refractivity contribution in [1.29, 1.82) is 0 Å². The number of sulfonamides is 1. The fourth-order valence-electron chi connectivity index (χ4n) is 6.09. The zero-order chi connectivity index (χ0) is 37.5. The molecule has 0 aliphatic heterocycles. The molecular weight excluding hydrogens is 736 g/mol. The first kappa shape index (κ1) is 36.4. The highest BCUT2D eigenvalue weighted by Gasteiger charge is 2.55. The molecule has 3 aromatic carbocycles. The smallest absolute Gasteiger partial charge is 0.405 e. The Morgan fingerprint density at radius 3 is 2.33 bits per heavy atom. The van der Waals surface area contributed by atoms with Crippen molar-refractivity contribution in [3.05, 3.63) is 105 Å². The van der Waals surface area contributed by atoms with Gasteiger partial charge in [-0.15, -0.1) is 0 Å². The summed E-state index contributed by atoms with van der Waals surface area (Å²) < 4.78 is 91.9. The van der Waals surface area contributed by atoms with Crippen LogP contribution in [0.25, 0.3) is 16.6 Å². The number of amides is 1. The van der Waals surface area contributed by atoms with Crippen LogP contribution in [0.15, 0.2) is 65.5 Å². The number of methoxy groups -OCH3 is 1. The zero-order valence-electron chi connectivity index (χ0n) is 27.0. The molecule has 2 aromatic heterocycles. The molecule has 1 fully saturated rings. The van der Waals surface area contributed by atoms with Crippen molar-refractivity contribution in [2.45, 2.75) is 49.4 Å². The molecule has 1 saturated carbocycles. The van der Waals surface area contributed by atoms with E-state index in [0.29, 0.717) is 23.4 Å². The number of aromatic nitrogens is 4. The van der Waals surface area contributed by atoms with Crippen LogP contribution in [0.1, 0.15) is 35.8 Å². The summed E-state index contributed by atoms with van der Waals surface area (Å²) in [5, 5.41) is 25.9. The molecule has 0 radical (unpaired) electrons. The Labute approximate surface area is 297 Å². The number of nitrogens with one attached hydrogen (secondary N) is 2. The van der Waals surface area contributed by atoms with Crippen LogP contribution in [0.2, 0.25) is 5.02 Å². The van der Waals surface area contributed by atoms with Crippen molar-refractivity contribution in [1.82, 2.24) is 24.6 Å². The Kier molecular flexibility index (Phi) is 9.80. The second kappa shape index (κ2) is 14.0. The summed E-state index contributed by atoms with van der Waals surface area (Å²) in [7, 11) is -2.76. The van der Waals surface area contributed by atoms with Gasteiger partial charge in [0.2, 0.25) is 15.9 Å². The average Bonchev–Trinajstić information content (AvgIpc) is 3.76. The van der Waals surface area contributed by atoms with Gasteiger partial charge in [-0.1, -0.05) is 23.7 Å². The number of fused-ring (bicyclic) bond motifs is 1. The zero-order valence-corrected chi connectivity index (χ0v) is 28.6. The number of halogens is 5. The van der Waals surface area contributed by atoms with Gasteiger partial charge in [-0.2, -0.15) is 10.1 Å². The Morgan fingerprint density at radius 1 is 1.06 bits per heavy atom. The molecule has 274 valence electrons. The highest BCUT2D eigenvalue weighted by atomic mass is 35.5. The molecule has 2 heterocycles. The first-order valence-electron chi connectivity index (χ1n) is 15.5. The topological polar surface area (TPSA) is 178 Å². The minimum atomic E-state index is -4.26. The normalized spacial score (nSPS) is 14.4. The summed E-state index contributed by atoms with van der Waals surface area (Å²) in [6.45, 7) is -1.10. The first-order valence-corrected chi connectivity index (χ1v) is 17.4. The lowest BCUT2D eigenvalue weighted by Crippen LogP contribution is -2.35. The molecule has 0 saturated heterocycles. The minimum Gasteiger partial charge on any atom is -0.497 e. The van der Waals surface area contributed by atoms with E-state index >= 15 is 0 Å². The van der Waals surface area contributed by atoms with Gasteiger partial charge >= 0.3 is 6.09 Å². The van der Waals surface area contributed by atoms with Gasteiger partial charge in [0, 0.05) is 12.5 Å². The minimum absolute atomic E-state index is 0.0651. The van der Waals surface area contributed by atoms with Crippen molar-refractivity contribution in [2.24, 2.45) is 0 Å². The molecule has 1 unspecified atom stereocenters. The van der Waals surface area contributed by atoms with E-state index in [0.717, 1.165) is 21.4 Å². The van der Waals surface area contributed by atoms with Crippen LogP contribution in [0.4, 0.5) is 28.2 Å². The molecule has 1 aliphatic rings. The van der Waals surface area contributed by atoms with E-state index in [4.69, 9.17) is 16.3 Å². The molecule has 1 amide bonds. The van der Waals surface area contributed by atoms with Gasteiger partial charge in [-0.3, -0.25) is 18.8 Å². The molecule has 0 spiro atoms. The summed E-state index contributed by atoms with van der Waals surface area (Å²) in [6.07, 6.45) is -4.49. The number of nitrogens with zero attached hydrogens (tertiary/aromatic N) is 4. The van der Waals surface area contributed by atoms with Crippen LogP contribution in [0.3, 0.4) is 0 Å². The third kappa shape index (κ3) is 7.34. The Bertz CT molecular complexity index is 2330. The maximum absolute atomic E-state index is 14.1. The van der Waals surface area contributed by atoms with E-state index in [1.165, 1.54) is 19.2 Å². The summed E-state index contributed by atoms with van der Waals surface area (Å²) in [5.74, 6) is -3.16. The lowest BCUT2D eigenvalue weighted by molar-refractivity contribution is 0.123. The molecule has 52 heavy (non-hydrogen) atoms. The van der Waals surface area contributed by atoms with Crippen molar-refractivity contribution in [3.63, 3.8) is 0 Å². The van der Waals surface area contributed by atoms with Gasteiger partial charge in [0.05, 0.1) is 45.6 Å². The highest BCUT2D eigenvalue weighted by Crippen LogP contribution is 2.48. The second-order valence-electron chi connectivity index (χ2n) is 12.2. The number of alkyl halides is 2.